The second-order valence-corrected chi connectivity index (χ2v) is 3.20. The molecule has 0 spiro atoms. The van der Waals surface area contributed by atoms with Crippen LogP contribution in [0.5, 0.6) is 5.75 Å². The molecule has 6 heteroatoms. The summed E-state index contributed by atoms with van der Waals surface area (Å²) in [5.74, 6) is 0.457. The molecule has 16 heavy (non-hydrogen) atoms. The van der Waals surface area contributed by atoms with Crippen LogP contribution in [0.4, 0.5) is 12.9 Å². The van der Waals surface area contributed by atoms with Crippen LogP contribution in [0.15, 0.2) is 30.9 Å². The second-order valence-electron chi connectivity index (χ2n) is 3.20. The normalized spacial score (nSPS) is 10.5. The number of halogens is 3. The predicted octanol–water partition coefficient (Wildman–Crippen LogP) is -0.382. The predicted molar refractivity (Wildman–Crippen MR) is 55.6 cm³/mol. The Morgan fingerprint density at radius 3 is 2.44 bits per heavy atom. The van der Waals surface area contributed by atoms with Gasteiger partial charge in [0.05, 0.1) is 0 Å². The largest absolute Gasteiger partial charge is 1.00 e. The Labute approximate surface area is 136 Å². The van der Waals surface area contributed by atoms with Crippen LogP contribution in [-0.4, -0.2) is 13.6 Å². The quantitative estimate of drug-likeness (QED) is 0.525. The van der Waals surface area contributed by atoms with Crippen molar-refractivity contribution in [3.8, 4) is 5.75 Å². The molecule has 0 aliphatic carbocycles. The van der Waals surface area contributed by atoms with Gasteiger partial charge in [-0.1, -0.05) is 24.8 Å². The average molecular weight is 254 g/mol. The molecule has 0 saturated heterocycles. The molecule has 0 radical (unpaired) electrons. The monoisotopic (exact) mass is 254 g/mol. The smallest absolute Gasteiger partial charge is 0.489 e. The van der Waals surface area contributed by atoms with Gasteiger partial charge in [-0.05, 0) is 18.6 Å². The minimum absolute atomic E-state index is 0. The Kier molecular flexibility index (Phi) is 6.97. The van der Waals surface area contributed by atoms with E-state index in [9.17, 15) is 12.9 Å². The summed E-state index contributed by atoms with van der Waals surface area (Å²) in [6.07, 6.45) is 1.54. The first-order valence-corrected chi connectivity index (χ1v) is 4.49. The number of ether oxygens (including phenoxy) is 1. The van der Waals surface area contributed by atoms with E-state index in [1.807, 2.05) is 0 Å². The molecule has 0 N–H and O–H groups in total. The number of aryl methyl sites for hydroxylation is 1. The van der Waals surface area contributed by atoms with Crippen molar-refractivity contribution in [3.63, 3.8) is 0 Å². The van der Waals surface area contributed by atoms with E-state index in [0.29, 0.717) is 11.3 Å². The zero-order valence-electron chi connectivity index (χ0n) is 9.34. The SMILES string of the molecule is C=CCOc1ccc([B-](F)(F)F)cc1C.[K+]. The molecule has 82 valence electrons. The molecule has 0 fully saturated rings. The van der Waals surface area contributed by atoms with Crippen molar-refractivity contribution in [3.05, 3.63) is 36.4 Å². The second kappa shape index (κ2) is 6.86. The van der Waals surface area contributed by atoms with Crippen LogP contribution in [0.2, 0.25) is 0 Å². The first kappa shape index (κ1) is 16.3. The molecule has 0 amide bonds. The molecular formula is C10H11BF3KO. The van der Waals surface area contributed by atoms with Crippen LogP contribution in [0.3, 0.4) is 0 Å². The molecule has 0 aliphatic heterocycles. The third-order valence-corrected chi connectivity index (χ3v) is 1.93. The Balaban J connectivity index is 0.00000225. The van der Waals surface area contributed by atoms with E-state index in [1.54, 1.807) is 13.0 Å². The van der Waals surface area contributed by atoms with Crippen molar-refractivity contribution in [1.82, 2.24) is 0 Å². The molecule has 1 aromatic carbocycles. The van der Waals surface area contributed by atoms with E-state index < -0.39 is 12.4 Å². The summed E-state index contributed by atoms with van der Waals surface area (Å²) in [6.45, 7) is 0.407. The molecule has 0 aromatic heterocycles. The van der Waals surface area contributed by atoms with Gasteiger partial charge in [-0.3, -0.25) is 0 Å². The first-order valence-electron chi connectivity index (χ1n) is 4.49. The zero-order chi connectivity index (χ0) is 11.5. The van der Waals surface area contributed by atoms with Gasteiger partial charge in [0, 0.05) is 0 Å². The summed E-state index contributed by atoms with van der Waals surface area (Å²) in [4.78, 5) is 0. The maximum absolute atomic E-state index is 12.4. The third-order valence-electron chi connectivity index (χ3n) is 1.93. The number of rotatable bonds is 4. The Bertz CT molecular complexity index is 366. The van der Waals surface area contributed by atoms with Crippen molar-refractivity contribution in [2.45, 2.75) is 6.92 Å². The fourth-order valence-corrected chi connectivity index (χ4v) is 1.19. The van der Waals surface area contributed by atoms with E-state index in [1.165, 1.54) is 6.07 Å². The maximum Gasteiger partial charge on any atom is 1.00 e. The summed E-state index contributed by atoms with van der Waals surface area (Å²) >= 11 is 0. The van der Waals surface area contributed by atoms with Crippen molar-refractivity contribution in [2.24, 2.45) is 0 Å². The van der Waals surface area contributed by atoms with Crippen molar-refractivity contribution in [1.29, 1.82) is 0 Å². The van der Waals surface area contributed by atoms with Gasteiger partial charge in [0.15, 0.2) is 0 Å². The Morgan fingerprint density at radius 1 is 1.38 bits per heavy atom. The molecule has 0 heterocycles. The molecule has 0 atom stereocenters. The standard InChI is InChI=1S/C10H11BF3O.K/c1-3-6-15-10-5-4-9(7-8(10)2)11(12,13)14;/h3-5,7H,1,6H2,2H3;/q-1;+1. The van der Waals surface area contributed by atoms with Crippen molar-refractivity contribution >= 4 is 12.4 Å². The van der Waals surface area contributed by atoms with Crippen molar-refractivity contribution in [2.75, 3.05) is 6.61 Å². The van der Waals surface area contributed by atoms with Crippen LogP contribution in [0, 0.1) is 6.92 Å². The summed E-state index contributed by atoms with van der Waals surface area (Å²) in [7, 11) is 0. The van der Waals surface area contributed by atoms with E-state index in [4.69, 9.17) is 4.74 Å². The van der Waals surface area contributed by atoms with E-state index in [-0.39, 0.29) is 58.0 Å². The minimum atomic E-state index is -4.93. The third kappa shape index (κ3) is 4.63. The zero-order valence-corrected chi connectivity index (χ0v) is 12.5. The number of hydrogen-bond acceptors (Lipinski definition) is 1. The fourth-order valence-electron chi connectivity index (χ4n) is 1.19. The number of hydrogen-bond donors (Lipinski definition) is 0. The van der Waals surface area contributed by atoms with E-state index >= 15 is 0 Å². The Hall–Kier alpha value is 0.251. The molecule has 0 saturated carbocycles. The fraction of sp³-hybridized carbons (Fsp3) is 0.200. The van der Waals surface area contributed by atoms with Crippen LogP contribution in [-0.2, 0) is 0 Å². The van der Waals surface area contributed by atoms with Crippen molar-refractivity contribution < 1.29 is 69.1 Å². The van der Waals surface area contributed by atoms with Gasteiger partial charge < -0.3 is 17.7 Å². The Morgan fingerprint density at radius 2 is 2.00 bits per heavy atom. The molecule has 1 nitrogen and oxygen atoms in total. The van der Waals surface area contributed by atoms with Crippen LogP contribution in [0.1, 0.15) is 5.56 Å². The molecule has 1 rings (SSSR count). The average Bonchev–Trinajstić information content (AvgIpc) is 2.14. The summed E-state index contributed by atoms with van der Waals surface area (Å²) < 4.78 is 42.2. The van der Waals surface area contributed by atoms with Gasteiger partial charge >= 0.3 is 58.4 Å². The van der Waals surface area contributed by atoms with Crippen LogP contribution in [0.25, 0.3) is 0 Å². The molecule has 0 bridgehead atoms. The van der Waals surface area contributed by atoms with Gasteiger partial charge in [0.1, 0.15) is 12.4 Å². The van der Waals surface area contributed by atoms with E-state index in [2.05, 4.69) is 6.58 Å². The summed E-state index contributed by atoms with van der Waals surface area (Å²) in [5.41, 5.74) is -0.119. The van der Waals surface area contributed by atoms with Gasteiger partial charge in [0.2, 0.25) is 0 Å². The van der Waals surface area contributed by atoms with E-state index in [0.717, 1.165) is 12.1 Å². The molecule has 0 aliphatic rings. The van der Waals surface area contributed by atoms with Gasteiger partial charge in [0.25, 0.3) is 0 Å². The van der Waals surface area contributed by atoms with Gasteiger partial charge in [-0.25, -0.2) is 0 Å². The molecule has 0 unspecified atom stereocenters. The summed E-state index contributed by atoms with van der Waals surface area (Å²) in [6, 6.07) is 3.47. The van der Waals surface area contributed by atoms with Crippen LogP contribution >= 0.6 is 0 Å². The van der Waals surface area contributed by atoms with Gasteiger partial charge in [-0.15, -0.1) is 5.46 Å². The molecular weight excluding hydrogens is 243 g/mol. The summed E-state index contributed by atoms with van der Waals surface area (Å²) in [5, 5.41) is 0. The van der Waals surface area contributed by atoms with Gasteiger partial charge in [-0.2, -0.15) is 0 Å². The van der Waals surface area contributed by atoms with Crippen LogP contribution < -0.4 is 61.6 Å². The number of benzene rings is 1. The molecule has 1 aromatic rings. The minimum Gasteiger partial charge on any atom is -0.489 e. The first-order chi connectivity index (χ1) is 6.95. The topological polar surface area (TPSA) is 9.23 Å². The maximum atomic E-state index is 12.4.